The van der Waals surface area contributed by atoms with Gasteiger partial charge in [0.05, 0.1) is 5.56 Å². The molecule has 1 saturated heterocycles. The summed E-state index contributed by atoms with van der Waals surface area (Å²) in [7, 11) is 1.72. The van der Waals surface area contributed by atoms with Crippen molar-refractivity contribution in [2.24, 2.45) is 0 Å². The van der Waals surface area contributed by atoms with E-state index in [1.807, 2.05) is 0 Å². The van der Waals surface area contributed by atoms with Crippen LogP contribution in [-0.4, -0.2) is 30.6 Å². The van der Waals surface area contributed by atoms with Crippen LogP contribution in [0.3, 0.4) is 0 Å². The van der Waals surface area contributed by atoms with Crippen molar-refractivity contribution in [3.8, 4) is 0 Å². The second kappa shape index (κ2) is 5.08. The Bertz CT molecular complexity index is 485. The highest BCUT2D eigenvalue weighted by Gasteiger charge is 2.21. The molecule has 0 aromatic heterocycles. The molecule has 0 spiro atoms. The zero-order valence-electron chi connectivity index (χ0n) is 10.3. The molecule has 5 nitrogen and oxygen atoms in total. The van der Waals surface area contributed by atoms with E-state index in [0.717, 1.165) is 12.8 Å². The molecule has 1 aromatic carbocycles. The smallest absolute Gasteiger partial charge is 0.335 e. The van der Waals surface area contributed by atoms with Crippen LogP contribution in [0.1, 0.15) is 29.6 Å². The van der Waals surface area contributed by atoms with E-state index in [-0.39, 0.29) is 11.5 Å². The molecule has 0 aliphatic carbocycles. The van der Waals surface area contributed by atoms with Crippen LogP contribution in [-0.2, 0) is 4.79 Å². The number of piperidine rings is 1. The number of benzene rings is 1. The van der Waals surface area contributed by atoms with Crippen LogP contribution in [0.2, 0.25) is 0 Å². The van der Waals surface area contributed by atoms with Gasteiger partial charge in [-0.2, -0.15) is 0 Å². The van der Waals surface area contributed by atoms with Crippen molar-refractivity contribution in [2.75, 3.05) is 23.8 Å². The van der Waals surface area contributed by atoms with Gasteiger partial charge in [-0.25, -0.2) is 4.79 Å². The lowest BCUT2D eigenvalue weighted by atomic mass is 10.1. The van der Waals surface area contributed by atoms with Gasteiger partial charge in [0.1, 0.15) is 0 Å². The molecule has 0 atom stereocenters. The van der Waals surface area contributed by atoms with Gasteiger partial charge in [-0.05, 0) is 31.0 Å². The maximum atomic E-state index is 11.8. The lowest BCUT2D eigenvalue weighted by molar-refractivity contribution is -0.119. The fourth-order valence-corrected chi connectivity index (χ4v) is 2.11. The third-order valence-corrected chi connectivity index (χ3v) is 3.09. The molecular weight excluding hydrogens is 232 g/mol. The highest BCUT2D eigenvalue weighted by Crippen LogP contribution is 2.25. The Balaban J connectivity index is 2.39. The van der Waals surface area contributed by atoms with Crippen LogP contribution in [0.4, 0.5) is 11.4 Å². The summed E-state index contributed by atoms with van der Waals surface area (Å²) < 4.78 is 0. The number of carboxylic acids is 1. The largest absolute Gasteiger partial charge is 0.478 e. The van der Waals surface area contributed by atoms with Gasteiger partial charge in [-0.15, -0.1) is 0 Å². The molecule has 1 aliphatic rings. The van der Waals surface area contributed by atoms with Crippen LogP contribution < -0.4 is 10.2 Å². The third kappa shape index (κ3) is 2.45. The number of hydrogen-bond acceptors (Lipinski definition) is 3. The Morgan fingerprint density at radius 2 is 2.11 bits per heavy atom. The van der Waals surface area contributed by atoms with Gasteiger partial charge >= 0.3 is 5.97 Å². The van der Waals surface area contributed by atoms with Crippen molar-refractivity contribution in [2.45, 2.75) is 19.3 Å². The Morgan fingerprint density at radius 1 is 1.33 bits per heavy atom. The van der Waals surface area contributed by atoms with Crippen LogP contribution >= 0.6 is 0 Å². The van der Waals surface area contributed by atoms with E-state index in [0.29, 0.717) is 24.3 Å². The SMILES string of the molecule is CNc1cc(C(=O)O)cc(N2CCCCC2=O)c1. The van der Waals surface area contributed by atoms with Crippen molar-refractivity contribution in [3.63, 3.8) is 0 Å². The molecule has 5 heteroatoms. The van der Waals surface area contributed by atoms with Crippen LogP contribution in [0.5, 0.6) is 0 Å². The zero-order valence-corrected chi connectivity index (χ0v) is 10.3. The minimum Gasteiger partial charge on any atom is -0.478 e. The first-order valence-electron chi connectivity index (χ1n) is 5.98. The molecule has 2 N–H and O–H groups in total. The summed E-state index contributed by atoms with van der Waals surface area (Å²) in [6.45, 7) is 0.658. The van der Waals surface area contributed by atoms with E-state index >= 15 is 0 Å². The number of carbonyl (C=O) groups excluding carboxylic acids is 1. The minimum absolute atomic E-state index is 0.0610. The number of nitrogens with one attached hydrogen (secondary N) is 1. The molecule has 96 valence electrons. The van der Waals surface area contributed by atoms with Crippen molar-refractivity contribution >= 4 is 23.3 Å². The number of rotatable bonds is 3. The molecule has 18 heavy (non-hydrogen) atoms. The van der Waals surface area contributed by atoms with Crippen molar-refractivity contribution in [1.82, 2.24) is 0 Å². The molecular formula is C13H16N2O3. The molecule has 1 amide bonds. The summed E-state index contributed by atoms with van der Waals surface area (Å²) in [5, 5.41) is 12.0. The third-order valence-electron chi connectivity index (χ3n) is 3.09. The highest BCUT2D eigenvalue weighted by molar-refractivity contribution is 5.97. The summed E-state index contributed by atoms with van der Waals surface area (Å²) in [5.74, 6) is -0.927. The molecule has 1 heterocycles. The normalized spacial score (nSPS) is 15.6. The van der Waals surface area contributed by atoms with Crippen LogP contribution in [0, 0.1) is 0 Å². The average molecular weight is 248 g/mol. The van der Waals surface area contributed by atoms with E-state index in [1.54, 1.807) is 30.1 Å². The fourth-order valence-electron chi connectivity index (χ4n) is 2.11. The summed E-state index contributed by atoms with van der Waals surface area (Å²) in [6, 6.07) is 4.91. The van der Waals surface area contributed by atoms with Gasteiger partial charge in [-0.3, -0.25) is 4.79 Å². The molecule has 0 bridgehead atoms. The van der Waals surface area contributed by atoms with Gasteiger partial charge in [0.15, 0.2) is 0 Å². The predicted octanol–water partition coefficient (Wildman–Crippen LogP) is 1.94. The number of nitrogens with zero attached hydrogens (tertiary/aromatic N) is 1. The van der Waals surface area contributed by atoms with Crippen molar-refractivity contribution in [3.05, 3.63) is 23.8 Å². The Morgan fingerprint density at radius 3 is 2.72 bits per heavy atom. The van der Waals surface area contributed by atoms with Crippen LogP contribution in [0.25, 0.3) is 0 Å². The Labute approximate surface area is 105 Å². The lowest BCUT2D eigenvalue weighted by Crippen LogP contribution is -2.35. The maximum Gasteiger partial charge on any atom is 0.335 e. The first kappa shape index (κ1) is 12.4. The van der Waals surface area contributed by atoms with Gasteiger partial charge in [0.2, 0.25) is 5.91 Å². The number of aromatic carboxylic acids is 1. The van der Waals surface area contributed by atoms with Crippen molar-refractivity contribution < 1.29 is 14.7 Å². The molecule has 1 fully saturated rings. The Hall–Kier alpha value is -2.04. The number of amides is 1. The molecule has 1 aliphatic heterocycles. The summed E-state index contributed by atoms with van der Waals surface area (Å²) in [5.41, 5.74) is 1.54. The second-order valence-electron chi connectivity index (χ2n) is 4.33. The number of anilines is 2. The van der Waals surface area contributed by atoms with Crippen molar-refractivity contribution in [1.29, 1.82) is 0 Å². The molecule has 2 rings (SSSR count). The topological polar surface area (TPSA) is 69.6 Å². The minimum atomic E-state index is -0.988. The van der Waals surface area contributed by atoms with Gasteiger partial charge in [0.25, 0.3) is 0 Å². The lowest BCUT2D eigenvalue weighted by Gasteiger charge is -2.27. The number of carbonyl (C=O) groups is 2. The van der Waals surface area contributed by atoms with E-state index < -0.39 is 5.97 Å². The van der Waals surface area contributed by atoms with E-state index in [9.17, 15) is 9.59 Å². The molecule has 1 aromatic rings. The zero-order chi connectivity index (χ0) is 13.1. The second-order valence-corrected chi connectivity index (χ2v) is 4.33. The van der Waals surface area contributed by atoms with E-state index in [4.69, 9.17) is 5.11 Å². The molecule has 0 radical (unpaired) electrons. The Kier molecular flexibility index (Phi) is 3.50. The first-order valence-corrected chi connectivity index (χ1v) is 5.98. The number of hydrogen-bond donors (Lipinski definition) is 2. The number of carboxylic acid groups (broad SMARTS) is 1. The monoisotopic (exact) mass is 248 g/mol. The highest BCUT2D eigenvalue weighted by atomic mass is 16.4. The quantitative estimate of drug-likeness (QED) is 0.857. The van der Waals surface area contributed by atoms with Gasteiger partial charge in [-0.1, -0.05) is 0 Å². The molecule has 0 unspecified atom stereocenters. The molecule has 0 saturated carbocycles. The van der Waals surface area contributed by atoms with E-state index in [1.165, 1.54) is 0 Å². The summed E-state index contributed by atoms with van der Waals surface area (Å²) in [6.07, 6.45) is 2.40. The summed E-state index contributed by atoms with van der Waals surface area (Å²) >= 11 is 0. The van der Waals surface area contributed by atoms with Gasteiger partial charge in [0, 0.05) is 31.4 Å². The average Bonchev–Trinajstić information content (AvgIpc) is 2.38. The summed E-state index contributed by atoms with van der Waals surface area (Å²) in [4.78, 5) is 24.6. The maximum absolute atomic E-state index is 11.8. The standard InChI is InChI=1S/C13H16N2O3/c1-14-10-6-9(13(17)18)7-11(8-10)15-5-3-2-4-12(15)16/h6-8,14H,2-5H2,1H3,(H,17,18). The van der Waals surface area contributed by atoms with Gasteiger partial charge < -0.3 is 15.3 Å². The predicted molar refractivity (Wildman–Crippen MR) is 69.2 cm³/mol. The first-order chi connectivity index (χ1) is 8.61. The van der Waals surface area contributed by atoms with E-state index in [2.05, 4.69) is 5.32 Å². The van der Waals surface area contributed by atoms with Crippen LogP contribution in [0.15, 0.2) is 18.2 Å². The fraction of sp³-hybridized carbons (Fsp3) is 0.385.